The van der Waals surface area contributed by atoms with Crippen molar-refractivity contribution in [2.24, 2.45) is 0 Å². The lowest BCUT2D eigenvalue weighted by atomic mass is 9.93. The van der Waals surface area contributed by atoms with Crippen LogP contribution in [0.5, 0.6) is 0 Å². The summed E-state index contributed by atoms with van der Waals surface area (Å²) < 4.78 is 14.9. The first-order valence-electron chi connectivity index (χ1n) is 8.69. The van der Waals surface area contributed by atoms with Crippen molar-refractivity contribution >= 4 is 0 Å². The van der Waals surface area contributed by atoms with Crippen LogP contribution in [-0.4, -0.2) is 15.0 Å². The minimum absolute atomic E-state index is 0. The topological polar surface area (TPSA) is 78.1 Å². The van der Waals surface area contributed by atoms with Gasteiger partial charge in [0, 0.05) is 16.7 Å². The molecule has 0 spiro atoms. The van der Waals surface area contributed by atoms with Crippen LogP contribution in [0.2, 0.25) is 0 Å². The number of hydrogen-bond acceptors (Lipinski definition) is 6. The summed E-state index contributed by atoms with van der Waals surface area (Å²) in [6.45, 7) is 16.7. The third kappa shape index (κ3) is 9.22. The summed E-state index contributed by atoms with van der Waals surface area (Å²) in [5.41, 5.74) is 1.21. The smallest absolute Gasteiger partial charge is 0.196 e. The Labute approximate surface area is 163 Å². The van der Waals surface area contributed by atoms with Gasteiger partial charge in [-0.3, -0.25) is 0 Å². The predicted octanol–water partition coefficient (Wildman–Crippen LogP) is 6.38. The zero-order valence-corrected chi connectivity index (χ0v) is 17.1. The summed E-state index contributed by atoms with van der Waals surface area (Å²) >= 11 is 0. The summed E-state index contributed by atoms with van der Waals surface area (Å²) in [6.07, 6.45) is 9.60. The largest absolute Gasteiger partial charge is 0.451 e. The standard InChI is InChI=1S/2C7H11NO.C6H9NO.CH4/c1-7(2,3)6-4-9-5-8-6;1-7(2,3)6-4-8-5-9-6;1-5(2)6-7-3-4-8-6;/h2*4-5H,1-3H3;3-5H,1-2H3;1H4. The van der Waals surface area contributed by atoms with E-state index in [9.17, 15) is 0 Å². The summed E-state index contributed by atoms with van der Waals surface area (Å²) in [5, 5.41) is 0. The van der Waals surface area contributed by atoms with Crippen LogP contribution < -0.4 is 0 Å². The van der Waals surface area contributed by atoms with Gasteiger partial charge in [0.2, 0.25) is 0 Å². The number of hydrogen-bond donors (Lipinski definition) is 0. The average molecular weight is 378 g/mol. The normalized spacial score (nSPS) is 11.0. The quantitative estimate of drug-likeness (QED) is 0.489. The second-order valence-corrected chi connectivity index (χ2v) is 8.26. The van der Waals surface area contributed by atoms with Crippen molar-refractivity contribution in [3.05, 3.63) is 55.1 Å². The van der Waals surface area contributed by atoms with E-state index < -0.39 is 0 Å². The highest BCUT2D eigenvalue weighted by Crippen LogP contribution is 2.20. The van der Waals surface area contributed by atoms with E-state index in [1.165, 1.54) is 12.8 Å². The Hall–Kier alpha value is -2.37. The minimum atomic E-state index is 0. The van der Waals surface area contributed by atoms with Crippen molar-refractivity contribution in [1.82, 2.24) is 15.0 Å². The van der Waals surface area contributed by atoms with Crippen LogP contribution >= 0.6 is 0 Å². The molecule has 152 valence electrons. The average Bonchev–Trinajstić information content (AvgIpc) is 3.28. The monoisotopic (exact) mass is 377 g/mol. The highest BCUT2D eigenvalue weighted by molar-refractivity contribution is 5.05. The lowest BCUT2D eigenvalue weighted by molar-refractivity contribution is 0.408. The van der Waals surface area contributed by atoms with Gasteiger partial charge in [0.15, 0.2) is 18.7 Å². The molecule has 3 aromatic rings. The second-order valence-electron chi connectivity index (χ2n) is 8.26. The van der Waals surface area contributed by atoms with Gasteiger partial charge in [-0.15, -0.1) is 0 Å². The van der Waals surface area contributed by atoms with Crippen molar-refractivity contribution in [3.63, 3.8) is 0 Å². The molecule has 0 aliphatic carbocycles. The second kappa shape index (κ2) is 10.7. The Morgan fingerprint density at radius 1 is 0.889 bits per heavy atom. The summed E-state index contributed by atoms with van der Waals surface area (Å²) in [6, 6.07) is 0. The molecule has 3 aromatic heterocycles. The predicted molar refractivity (Wildman–Crippen MR) is 108 cm³/mol. The molecular formula is C21H35N3O3. The zero-order valence-electron chi connectivity index (χ0n) is 17.1. The fourth-order valence-electron chi connectivity index (χ4n) is 1.69. The third-order valence-electron chi connectivity index (χ3n) is 3.32. The number of rotatable bonds is 1. The molecule has 0 saturated heterocycles. The third-order valence-corrected chi connectivity index (χ3v) is 3.32. The molecule has 3 rings (SSSR count). The maximum absolute atomic E-state index is 5.09. The molecule has 27 heavy (non-hydrogen) atoms. The summed E-state index contributed by atoms with van der Waals surface area (Å²) in [7, 11) is 0. The van der Waals surface area contributed by atoms with Crippen molar-refractivity contribution in [2.45, 2.75) is 79.6 Å². The zero-order chi connectivity index (χ0) is 19.8. The van der Waals surface area contributed by atoms with E-state index in [-0.39, 0.29) is 18.3 Å². The van der Waals surface area contributed by atoms with Crippen LogP contribution in [0, 0.1) is 0 Å². The summed E-state index contributed by atoms with van der Waals surface area (Å²) in [5.74, 6) is 2.15. The van der Waals surface area contributed by atoms with Gasteiger partial charge in [-0.25, -0.2) is 15.0 Å². The number of oxazole rings is 3. The molecule has 0 unspecified atom stereocenters. The van der Waals surface area contributed by atoms with Crippen molar-refractivity contribution in [1.29, 1.82) is 0 Å². The van der Waals surface area contributed by atoms with Crippen molar-refractivity contribution < 1.29 is 13.3 Å². The first-order chi connectivity index (χ1) is 12.0. The van der Waals surface area contributed by atoms with Crippen LogP contribution in [0.4, 0.5) is 0 Å². The van der Waals surface area contributed by atoms with Crippen LogP contribution in [0.15, 0.2) is 51.0 Å². The molecule has 3 heterocycles. The van der Waals surface area contributed by atoms with Crippen LogP contribution in [0.1, 0.15) is 86.1 Å². The van der Waals surface area contributed by atoms with Crippen molar-refractivity contribution in [3.8, 4) is 0 Å². The Kier molecular flexibility index (Phi) is 9.76. The van der Waals surface area contributed by atoms with Crippen LogP contribution in [0.3, 0.4) is 0 Å². The molecule has 0 aromatic carbocycles. The molecule has 6 nitrogen and oxygen atoms in total. The maximum Gasteiger partial charge on any atom is 0.196 e. The van der Waals surface area contributed by atoms with E-state index in [0.29, 0.717) is 5.92 Å². The fourth-order valence-corrected chi connectivity index (χ4v) is 1.69. The highest BCUT2D eigenvalue weighted by atomic mass is 16.3. The van der Waals surface area contributed by atoms with E-state index in [1.807, 2.05) is 13.8 Å². The van der Waals surface area contributed by atoms with Crippen LogP contribution in [-0.2, 0) is 10.8 Å². The molecular weight excluding hydrogens is 342 g/mol. The van der Waals surface area contributed by atoms with Gasteiger partial charge in [0.1, 0.15) is 18.3 Å². The van der Waals surface area contributed by atoms with Gasteiger partial charge >= 0.3 is 0 Å². The lowest BCUT2D eigenvalue weighted by Gasteiger charge is -2.12. The maximum atomic E-state index is 5.09. The number of aromatic nitrogens is 3. The Bertz CT molecular complexity index is 643. The first-order valence-corrected chi connectivity index (χ1v) is 8.69. The summed E-state index contributed by atoms with van der Waals surface area (Å²) in [4.78, 5) is 11.8. The Morgan fingerprint density at radius 2 is 1.56 bits per heavy atom. The molecule has 0 saturated carbocycles. The van der Waals surface area contributed by atoms with Gasteiger partial charge in [-0.1, -0.05) is 62.8 Å². The van der Waals surface area contributed by atoms with Crippen LogP contribution in [0.25, 0.3) is 0 Å². The SMILES string of the molecule is C.CC(C)(C)c1cnco1.CC(C)(C)c1cocn1.CC(C)c1ncco1. The molecule has 0 radical (unpaired) electrons. The lowest BCUT2D eigenvalue weighted by Crippen LogP contribution is -2.10. The molecule has 6 heteroatoms. The molecule has 0 aliphatic rings. The van der Waals surface area contributed by atoms with Gasteiger partial charge < -0.3 is 13.3 Å². The van der Waals surface area contributed by atoms with Gasteiger partial charge in [-0.05, 0) is 0 Å². The number of nitrogens with zero attached hydrogens (tertiary/aromatic N) is 3. The van der Waals surface area contributed by atoms with E-state index in [4.69, 9.17) is 13.3 Å². The van der Waals surface area contributed by atoms with E-state index in [0.717, 1.165) is 17.3 Å². The fraction of sp³-hybridized carbons (Fsp3) is 0.571. The first kappa shape index (κ1) is 24.6. The Morgan fingerprint density at radius 3 is 1.78 bits per heavy atom. The molecule has 0 fully saturated rings. The Balaban J connectivity index is 0.000000369. The molecule has 0 amide bonds. The minimum Gasteiger partial charge on any atom is -0.451 e. The van der Waals surface area contributed by atoms with E-state index in [1.54, 1.807) is 24.9 Å². The highest BCUT2D eigenvalue weighted by Gasteiger charge is 2.16. The van der Waals surface area contributed by atoms with Crippen molar-refractivity contribution in [2.75, 3.05) is 0 Å². The van der Waals surface area contributed by atoms with Gasteiger partial charge in [0.05, 0.1) is 18.1 Å². The van der Waals surface area contributed by atoms with Gasteiger partial charge in [-0.2, -0.15) is 0 Å². The van der Waals surface area contributed by atoms with Gasteiger partial charge in [0.25, 0.3) is 0 Å². The molecule has 0 bridgehead atoms. The molecule has 0 N–H and O–H groups in total. The molecule has 0 atom stereocenters. The van der Waals surface area contributed by atoms with E-state index >= 15 is 0 Å². The molecule has 0 aliphatic heterocycles. The van der Waals surface area contributed by atoms with E-state index in [2.05, 4.69) is 56.5 Å².